The molecule has 11 heteroatoms. The Kier molecular flexibility index (Phi) is 11.5. The van der Waals surface area contributed by atoms with Crippen molar-refractivity contribution in [3.05, 3.63) is 87.9 Å². The molecule has 41 heavy (non-hydrogen) atoms. The number of amides is 2. The van der Waals surface area contributed by atoms with Crippen LogP contribution in [-0.2, 0) is 26.2 Å². The molecule has 2 amide bonds. The van der Waals surface area contributed by atoms with Crippen molar-refractivity contribution in [2.45, 2.75) is 51.6 Å². The van der Waals surface area contributed by atoms with Crippen LogP contribution in [0.25, 0.3) is 0 Å². The number of anilines is 1. The van der Waals surface area contributed by atoms with E-state index in [0.29, 0.717) is 27.9 Å². The highest BCUT2D eigenvalue weighted by molar-refractivity contribution is 7.92. The third-order valence-electron chi connectivity index (χ3n) is 6.45. The van der Waals surface area contributed by atoms with Gasteiger partial charge in [0.2, 0.25) is 11.8 Å². The minimum Gasteiger partial charge on any atom is -0.492 e. The smallest absolute Gasteiger partial charge is 0.264 e. The van der Waals surface area contributed by atoms with Crippen molar-refractivity contribution in [1.82, 2.24) is 10.2 Å². The summed E-state index contributed by atoms with van der Waals surface area (Å²) in [6.45, 7) is 7.15. The van der Waals surface area contributed by atoms with Crippen LogP contribution in [0.15, 0.2) is 71.6 Å². The van der Waals surface area contributed by atoms with Crippen molar-refractivity contribution >= 4 is 50.7 Å². The van der Waals surface area contributed by atoms with Crippen LogP contribution in [0.3, 0.4) is 0 Å². The first-order valence-corrected chi connectivity index (χ1v) is 15.6. The fourth-order valence-corrected chi connectivity index (χ4v) is 6.30. The Bertz CT molecular complexity index is 1440. The maximum absolute atomic E-state index is 14.2. The van der Waals surface area contributed by atoms with E-state index in [1.807, 2.05) is 6.92 Å². The molecule has 0 heterocycles. The van der Waals surface area contributed by atoms with Crippen LogP contribution in [0.2, 0.25) is 10.0 Å². The quantitative estimate of drug-likeness (QED) is 0.259. The Hall–Kier alpha value is -3.27. The fraction of sp³-hybridized carbons (Fsp3) is 0.333. The van der Waals surface area contributed by atoms with E-state index < -0.39 is 28.5 Å². The molecule has 0 saturated heterocycles. The average Bonchev–Trinajstić information content (AvgIpc) is 2.94. The second kappa shape index (κ2) is 14.6. The molecule has 0 aliphatic carbocycles. The van der Waals surface area contributed by atoms with Gasteiger partial charge in [-0.3, -0.25) is 13.9 Å². The molecule has 0 radical (unpaired) electrons. The van der Waals surface area contributed by atoms with Crippen molar-refractivity contribution in [3.63, 3.8) is 0 Å². The van der Waals surface area contributed by atoms with Crippen molar-refractivity contribution in [3.8, 4) is 5.75 Å². The number of nitrogens with one attached hydrogen (secondary N) is 1. The summed E-state index contributed by atoms with van der Waals surface area (Å²) in [5.74, 6) is -0.676. The third kappa shape index (κ3) is 7.72. The molecule has 0 aliphatic rings. The number of halogens is 2. The summed E-state index contributed by atoms with van der Waals surface area (Å²) in [5, 5.41) is 3.42. The van der Waals surface area contributed by atoms with E-state index in [-0.39, 0.29) is 36.1 Å². The molecule has 1 N–H and O–H groups in total. The Morgan fingerprint density at radius 3 is 2.15 bits per heavy atom. The fourth-order valence-electron chi connectivity index (χ4n) is 4.36. The number of sulfonamides is 1. The van der Waals surface area contributed by atoms with Crippen molar-refractivity contribution in [2.24, 2.45) is 0 Å². The van der Waals surface area contributed by atoms with Gasteiger partial charge in [-0.05, 0) is 63.6 Å². The lowest BCUT2D eigenvalue weighted by Gasteiger charge is -2.33. The Morgan fingerprint density at radius 1 is 0.927 bits per heavy atom. The lowest BCUT2D eigenvalue weighted by atomic mass is 10.1. The minimum atomic E-state index is -4.24. The second-order valence-corrected chi connectivity index (χ2v) is 11.9. The zero-order chi connectivity index (χ0) is 30.2. The lowest BCUT2D eigenvalue weighted by Crippen LogP contribution is -2.52. The molecule has 0 unspecified atom stereocenters. The van der Waals surface area contributed by atoms with Gasteiger partial charge in [-0.2, -0.15) is 0 Å². The van der Waals surface area contributed by atoms with Gasteiger partial charge in [0.1, 0.15) is 18.3 Å². The number of para-hydroxylation sites is 2. The summed E-state index contributed by atoms with van der Waals surface area (Å²) < 4.78 is 34.9. The van der Waals surface area contributed by atoms with Crippen molar-refractivity contribution < 1.29 is 22.7 Å². The topological polar surface area (TPSA) is 96.0 Å². The second-order valence-electron chi connectivity index (χ2n) is 9.27. The largest absolute Gasteiger partial charge is 0.492 e. The van der Waals surface area contributed by atoms with Gasteiger partial charge in [0.25, 0.3) is 10.0 Å². The molecular formula is C30H35Cl2N3O5S. The van der Waals surface area contributed by atoms with Crippen LogP contribution >= 0.6 is 23.2 Å². The van der Waals surface area contributed by atoms with Gasteiger partial charge in [0.15, 0.2) is 0 Å². The van der Waals surface area contributed by atoms with E-state index in [0.717, 1.165) is 9.87 Å². The van der Waals surface area contributed by atoms with E-state index >= 15 is 0 Å². The highest BCUT2D eigenvalue weighted by atomic mass is 35.5. The number of hydrogen-bond donors (Lipinski definition) is 1. The predicted molar refractivity (Wildman–Crippen MR) is 163 cm³/mol. The minimum absolute atomic E-state index is 0.0127. The van der Waals surface area contributed by atoms with Crippen LogP contribution in [0, 0.1) is 6.92 Å². The summed E-state index contributed by atoms with van der Waals surface area (Å²) in [6.07, 6.45) is 0.278. The number of benzene rings is 3. The molecule has 8 nitrogen and oxygen atoms in total. The van der Waals surface area contributed by atoms with Crippen LogP contribution in [-0.4, -0.2) is 50.9 Å². The van der Waals surface area contributed by atoms with Gasteiger partial charge in [0.05, 0.1) is 17.2 Å². The summed E-state index contributed by atoms with van der Waals surface area (Å²) in [7, 11) is -4.24. The van der Waals surface area contributed by atoms with Gasteiger partial charge >= 0.3 is 0 Å². The first-order valence-electron chi connectivity index (χ1n) is 13.4. The first-order chi connectivity index (χ1) is 19.5. The van der Waals surface area contributed by atoms with E-state index in [4.69, 9.17) is 27.9 Å². The summed E-state index contributed by atoms with van der Waals surface area (Å²) in [5.41, 5.74) is 1.54. The molecule has 3 rings (SSSR count). The van der Waals surface area contributed by atoms with Crippen molar-refractivity contribution in [1.29, 1.82) is 0 Å². The van der Waals surface area contributed by atoms with Crippen LogP contribution in [0.5, 0.6) is 5.75 Å². The number of carbonyl (C=O) groups is 2. The maximum Gasteiger partial charge on any atom is 0.264 e. The summed E-state index contributed by atoms with van der Waals surface area (Å²) in [4.78, 5) is 28.6. The molecular weight excluding hydrogens is 585 g/mol. The maximum atomic E-state index is 14.2. The number of likely N-dealkylation sites (N-methyl/N-ethyl adjacent to an activating group) is 1. The Balaban J connectivity index is 2.15. The number of nitrogens with zero attached hydrogens (tertiary/aromatic N) is 2. The SMILES string of the molecule is CCNC(=O)[C@@H](CC)N(Cc1c(Cl)cccc1Cl)C(=O)CN(c1ccccc1OCC)S(=O)(=O)c1ccc(C)cc1. The zero-order valence-corrected chi connectivity index (χ0v) is 25.9. The van der Waals surface area contributed by atoms with Crippen molar-refractivity contribution in [2.75, 3.05) is 24.0 Å². The van der Waals surface area contributed by atoms with E-state index in [9.17, 15) is 18.0 Å². The molecule has 0 aliphatic heterocycles. The number of carbonyl (C=O) groups excluding carboxylic acids is 2. The summed E-state index contributed by atoms with van der Waals surface area (Å²) >= 11 is 12.9. The Morgan fingerprint density at radius 2 is 1.56 bits per heavy atom. The van der Waals surface area contributed by atoms with Gasteiger partial charge in [-0.25, -0.2) is 8.42 Å². The van der Waals surface area contributed by atoms with E-state index in [2.05, 4.69) is 5.32 Å². The molecule has 0 saturated carbocycles. The monoisotopic (exact) mass is 619 g/mol. The first kappa shape index (κ1) is 32.2. The molecule has 3 aromatic rings. The molecule has 1 atom stereocenters. The van der Waals surface area contributed by atoms with Crippen LogP contribution in [0.4, 0.5) is 5.69 Å². The molecule has 220 valence electrons. The summed E-state index contributed by atoms with van der Waals surface area (Å²) in [6, 6.07) is 17.1. The van der Waals surface area contributed by atoms with E-state index in [1.54, 1.807) is 75.4 Å². The van der Waals surface area contributed by atoms with Crippen LogP contribution in [0.1, 0.15) is 38.3 Å². The number of rotatable bonds is 13. The van der Waals surface area contributed by atoms with E-state index in [1.165, 1.54) is 17.0 Å². The highest BCUT2D eigenvalue weighted by Gasteiger charge is 2.35. The molecule has 3 aromatic carbocycles. The average molecular weight is 621 g/mol. The standard InChI is InChI=1S/C30H35Cl2N3O5S/c1-5-26(30(37)33-6-2)34(19-23-24(31)11-10-12-25(23)32)29(36)20-35(27-13-8-9-14-28(27)40-7-3)41(38,39)22-17-15-21(4)16-18-22/h8-18,26H,5-7,19-20H2,1-4H3,(H,33,37)/t26-/m1/s1. The number of hydrogen-bond acceptors (Lipinski definition) is 5. The van der Waals surface area contributed by atoms with Gasteiger partial charge < -0.3 is 15.0 Å². The highest BCUT2D eigenvalue weighted by Crippen LogP contribution is 2.33. The number of ether oxygens (including phenoxy) is 1. The molecule has 0 aromatic heterocycles. The van der Waals surface area contributed by atoms with Gasteiger partial charge in [-0.1, -0.05) is 66.0 Å². The predicted octanol–water partition coefficient (Wildman–Crippen LogP) is 5.84. The molecule has 0 fully saturated rings. The molecule has 0 spiro atoms. The normalized spacial score (nSPS) is 12.0. The zero-order valence-electron chi connectivity index (χ0n) is 23.6. The molecule has 0 bridgehead atoms. The van der Waals surface area contributed by atoms with Crippen LogP contribution < -0.4 is 14.4 Å². The third-order valence-corrected chi connectivity index (χ3v) is 8.93. The van der Waals surface area contributed by atoms with Gasteiger partial charge in [0, 0.05) is 28.7 Å². The number of aryl methyl sites for hydroxylation is 1. The Labute approximate surface area is 252 Å². The lowest BCUT2D eigenvalue weighted by molar-refractivity contribution is -0.140. The van der Waals surface area contributed by atoms with Gasteiger partial charge in [-0.15, -0.1) is 0 Å².